The molecule has 1 heterocycles. The van der Waals surface area contributed by atoms with Crippen molar-refractivity contribution in [3.8, 4) is 5.69 Å². The molecule has 21 heavy (non-hydrogen) atoms. The number of para-hydroxylation sites is 1. The number of hydrogen-bond donors (Lipinski definition) is 0. The first kappa shape index (κ1) is 14.7. The first-order valence-electron chi connectivity index (χ1n) is 5.57. The minimum absolute atomic E-state index is 0.0469. The Morgan fingerprint density at radius 1 is 1.43 bits per heavy atom. The highest BCUT2D eigenvalue weighted by Gasteiger charge is 2.21. The van der Waals surface area contributed by atoms with Gasteiger partial charge in [-0.2, -0.15) is 5.10 Å². The summed E-state index contributed by atoms with van der Waals surface area (Å²) in [6.07, 6.45) is 1.18. The zero-order chi connectivity index (χ0) is 15.6. The summed E-state index contributed by atoms with van der Waals surface area (Å²) in [5, 5.41) is 14.9. The van der Waals surface area contributed by atoms with Crippen LogP contribution in [-0.2, 0) is 4.74 Å². The summed E-state index contributed by atoms with van der Waals surface area (Å²) in [6, 6.07) is 5.13. The third-order valence-electron chi connectivity index (χ3n) is 2.58. The van der Waals surface area contributed by atoms with Crippen molar-refractivity contribution in [2.45, 2.75) is 0 Å². The molecule has 0 saturated carbocycles. The average molecular weight is 310 g/mol. The number of nitro groups is 1. The van der Waals surface area contributed by atoms with Gasteiger partial charge in [0, 0.05) is 18.3 Å². The highest BCUT2D eigenvalue weighted by Crippen LogP contribution is 2.29. The van der Waals surface area contributed by atoms with E-state index in [2.05, 4.69) is 9.84 Å². The van der Waals surface area contributed by atoms with Gasteiger partial charge in [0.15, 0.2) is 5.69 Å². The predicted molar refractivity (Wildman–Crippen MR) is 72.8 cm³/mol. The Kier molecular flexibility index (Phi) is 3.99. The molecule has 0 radical (unpaired) electrons. The summed E-state index contributed by atoms with van der Waals surface area (Å²) in [5.41, 5.74) is -1.51. The molecular formula is C12H8ClN3O5. The van der Waals surface area contributed by atoms with Crippen LogP contribution in [0.1, 0.15) is 10.5 Å². The molecule has 1 aromatic carbocycles. The largest absolute Gasteiger partial charge is 0.464 e. The Hall–Kier alpha value is -2.74. The van der Waals surface area contributed by atoms with Gasteiger partial charge in [-0.3, -0.25) is 14.9 Å². The fraction of sp³-hybridized carbons (Fsp3) is 0.0833. The SMILES string of the molecule is COC(=O)c1nn(-c2c(Cl)cccc2[N+](=O)[O-])ccc1=O. The molecule has 0 bridgehead atoms. The summed E-state index contributed by atoms with van der Waals surface area (Å²) >= 11 is 5.95. The lowest BCUT2D eigenvalue weighted by molar-refractivity contribution is -0.384. The van der Waals surface area contributed by atoms with Crippen LogP contribution in [-0.4, -0.2) is 27.8 Å². The van der Waals surface area contributed by atoms with E-state index in [0.29, 0.717) is 0 Å². The van der Waals surface area contributed by atoms with E-state index in [-0.39, 0.29) is 16.4 Å². The van der Waals surface area contributed by atoms with Crippen LogP contribution >= 0.6 is 11.6 Å². The Labute approximate surface area is 122 Å². The maximum absolute atomic E-state index is 11.6. The predicted octanol–water partition coefficient (Wildman–Crippen LogP) is 1.58. The molecule has 0 atom stereocenters. The quantitative estimate of drug-likeness (QED) is 0.484. The molecule has 0 spiro atoms. The van der Waals surface area contributed by atoms with Gasteiger partial charge in [-0.15, -0.1) is 0 Å². The van der Waals surface area contributed by atoms with E-state index in [1.54, 1.807) is 0 Å². The number of hydrogen-bond acceptors (Lipinski definition) is 6. The van der Waals surface area contributed by atoms with Gasteiger partial charge in [0.1, 0.15) is 0 Å². The van der Waals surface area contributed by atoms with E-state index >= 15 is 0 Å². The van der Waals surface area contributed by atoms with Gasteiger partial charge in [0.05, 0.1) is 17.1 Å². The second-order valence-electron chi connectivity index (χ2n) is 3.83. The molecule has 0 aliphatic carbocycles. The van der Waals surface area contributed by atoms with Crippen LogP contribution < -0.4 is 5.43 Å². The van der Waals surface area contributed by atoms with Crippen molar-refractivity contribution >= 4 is 23.3 Å². The lowest BCUT2D eigenvalue weighted by Gasteiger charge is -2.08. The van der Waals surface area contributed by atoms with Crippen LogP contribution in [0.4, 0.5) is 5.69 Å². The first-order chi connectivity index (χ1) is 9.95. The molecule has 8 nitrogen and oxygen atoms in total. The van der Waals surface area contributed by atoms with Crippen molar-refractivity contribution in [2.75, 3.05) is 7.11 Å². The molecule has 1 aromatic heterocycles. The average Bonchev–Trinajstić information content (AvgIpc) is 2.47. The van der Waals surface area contributed by atoms with Crippen molar-refractivity contribution in [2.24, 2.45) is 0 Å². The number of aromatic nitrogens is 2. The smallest absolute Gasteiger partial charge is 0.362 e. The van der Waals surface area contributed by atoms with Crippen LogP contribution in [0.15, 0.2) is 35.3 Å². The Morgan fingerprint density at radius 3 is 2.76 bits per heavy atom. The zero-order valence-corrected chi connectivity index (χ0v) is 11.4. The lowest BCUT2D eigenvalue weighted by atomic mass is 10.2. The minimum atomic E-state index is -0.941. The van der Waals surface area contributed by atoms with Gasteiger partial charge < -0.3 is 4.74 Å². The molecule has 2 rings (SSSR count). The number of esters is 1. The third kappa shape index (κ3) is 2.75. The number of ether oxygens (including phenoxy) is 1. The monoisotopic (exact) mass is 309 g/mol. The number of benzene rings is 1. The summed E-state index contributed by atoms with van der Waals surface area (Å²) in [7, 11) is 1.10. The first-order valence-corrected chi connectivity index (χ1v) is 5.95. The Balaban J connectivity index is 2.71. The van der Waals surface area contributed by atoms with Gasteiger partial charge in [0.2, 0.25) is 11.1 Å². The van der Waals surface area contributed by atoms with Crippen LogP contribution in [0, 0.1) is 10.1 Å². The van der Waals surface area contributed by atoms with E-state index in [4.69, 9.17) is 11.6 Å². The number of rotatable bonds is 3. The number of nitrogens with zero attached hydrogens (tertiary/aromatic N) is 3. The van der Waals surface area contributed by atoms with Crippen molar-refractivity contribution in [1.29, 1.82) is 0 Å². The zero-order valence-electron chi connectivity index (χ0n) is 10.6. The van der Waals surface area contributed by atoms with Crippen molar-refractivity contribution in [1.82, 2.24) is 9.78 Å². The molecule has 108 valence electrons. The van der Waals surface area contributed by atoms with E-state index in [0.717, 1.165) is 17.9 Å². The van der Waals surface area contributed by atoms with Crippen molar-refractivity contribution < 1.29 is 14.5 Å². The highest BCUT2D eigenvalue weighted by molar-refractivity contribution is 6.32. The normalized spacial score (nSPS) is 10.2. The lowest BCUT2D eigenvalue weighted by Crippen LogP contribution is -2.22. The number of nitro benzene ring substituents is 1. The number of carbonyl (C=O) groups excluding carboxylic acids is 1. The Bertz CT molecular complexity index is 787. The molecule has 0 unspecified atom stereocenters. The van der Waals surface area contributed by atoms with Gasteiger partial charge in [0.25, 0.3) is 5.69 Å². The van der Waals surface area contributed by atoms with Crippen LogP contribution in [0.2, 0.25) is 5.02 Å². The molecular weight excluding hydrogens is 302 g/mol. The topological polar surface area (TPSA) is 104 Å². The summed E-state index contributed by atoms with van der Waals surface area (Å²) < 4.78 is 5.43. The molecule has 0 aliphatic rings. The number of carbonyl (C=O) groups is 1. The van der Waals surface area contributed by atoms with E-state index in [1.807, 2.05) is 0 Å². The van der Waals surface area contributed by atoms with Gasteiger partial charge >= 0.3 is 5.97 Å². The van der Waals surface area contributed by atoms with Crippen molar-refractivity contribution in [3.63, 3.8) is 0 Å². The second-order valence-corrected chi connectivity index (χ2v) is 4.24. The maximum atomic E-state index is 11.6. The van der Waals surface area contributed by atoms with Gasteiger partial charge in [-0.05, 0) is 6.07 Å². The fourth-order valence-electron chi connectivity index (χ4n) is 1.65. The van der Waals surface area contributed by atoms with Crippen LogP contribution in [0.25, 0.3) is 5.69 Å². The van der Waals surface area contributed by atoms with E-state index < -0.39 is 22.0 Å². The standard InChI is InChI=1S/C12H8ClN3O5/c1-21-12(18)10-9(17)5-6-15(14-10)11-7(13)3-2-4-8(11)16(19)20/h2-6H,1H3. The number of halogens is 1. The van der Waals surface area contributed by atoms with Crippen molar-refractivity contribution in [3.05, 3.63) is 61.5 Å². The molecule has 9 heteroatoms. The van der Waals surface area contributed by atoms with Gasteiger partial charge in [-0.1, -0.05) is 17.7 Å². The highest BCUT2D eigenvalue weighted by atomic mass is 35.5. The summed E-state index contributed by atoms with van der Waals surface area (Å²) in [6.45, 7) is 0. The third-order valence-corrected chi connectivity index (χ3v) is 2.88. The van der Waals surface area contributed by atoms with Crippen LogP contribution in [0.3, 0.4) is 0 Å². The molecule has 0 fully saturated rings. The maximum Gasteiger partial charge on any atom is 0.362 e. The van der Waals surface area contributed by atoms with Crippen LogP contribution in [0.5, 0.6) is 0 Å². The molecule has 2 aromatic rings. The minimum Gasteiger partial charge on any atom is -0.464 e. The summed E-state index contributed by atoms with van der Waals surface area (Å²) in [4.78, 5) is 33.4. The fourth-order valence-corrected chi connectivity index (χ4v) is 1.90. The molecule has 0 amide bonds. The molecule has 0 saturated heterocycles. The Morgan fingerprint density at radius 2 is 2.14 bits per heavy atom. The molecule has 0 aliphatic heterocycles. The molecule has 0 N–H and O–H groups in total. The van der Waals surface area contributed by atoms with E-state index in [1.165, 1.54) is 24.4 Å². The van der Waals surface area contributed by atoms with E-state index in [9.17, 15) is 19.7 Å². The summed E-state index contributed by atoms with van der Waals surface area (Å²) in [5.74, 6) is -0.941. The number of methoxy groups -OCH3 is 1. The van der Waals surface area contributed by atoms with Gasteiger partial charge in [-0.25, -0.2) is 9.48 Å². The second kappa shape index (κ2) is 5.71.